The number of hydrogen-bond donors (Lipinski definition) is 2. The Balaban J connectivity index is 1.83. The highest BCUT2D eigenvalue weighted by Gasteiger charge is 2.28. The first-order valence-electron chi connectivity index (χ1n) is 9.35. The van der Waals surface area contributed by atoms with Crippen LogP contribution in [0.15, 0.2) is 36.4 Å². The third-order valence-corrected chi connectivity index (χ3v) is 4.70. The number of hydrogen-bond acceptors (Lipinski definition) is 7. The molecule has 0 spiro atoms. The van der Waals surface area contributed by atoms with E-state index in [0.717, 1.165) is 0 Å². The molecule has 0 unspecified atom stereocenters. The molecule has 2 aromatic rings. The van der Waals surface area contributed by atoms with Crippen LogP contribution in [0.2, 0.25) is 0 Å². The summed E-state index contributed by atoms with van der Waals surface area (Å²) in [4.78, 5) is 1.65. The van der Waals surface area contributed by atoms with Crippen LogP contribution in [-0.2, 0) is 16.0 Å². The maximum Gasteiger partial charge on any atom is 0.185 e. The van der Waals surface area contributed by atoms with Gasteiger partial charge in [0.15, 0.2) is 17.9 Å². The zero-order chi connectivity index (χ0) is 21.7. The lowest BCUT2D eigenvalue weighted by Crippen LogP contribution is -2.49. The van der Waals surface area contributed by atoms with E-state index in [1.165, 1.54) is 31.4 Å². The van der Waals surface area contributed by atoms with Crippen molar-refractivity contribution in [2.75, 3.05) is 31.8 Å². The van der Waals surface area contributed by atoms with E-state index >= 15 is 0 Å². The van der Waals surface area contributed by atoms with Gasteiger partial charge in [-0.2, -0.15) is 5.26 Å². The van der Waals surface area contributed by atoms with Gasteiger partial charge in [0.25, 0.3) is 0 Å². The van der Waals surface area contributed by atoms with Gasteiger partial charge in [-0.25, -0.2) is 8.78 Å². The van der Waals surface area contributed by atoms with E-state index in [4.69, 9.17) is 25.2 Å². The third-order valence-electron chi connectivity index (χ3n) is 4.70. The molecule has 0 aliphatic carbocycles. The minimum atomic E-state index is -1.07. The lowest BCUT2D eigenvalue weighted by molar-refractivity contribution is -0.225. The Kier molecular flexibility index (Phi) is 7.18. The minimum Gasteiger partial charge on any atom is -0.494 e. The lowest BCUT2D eigenvalue weighted by atomic mass is 10.1. The van der Waals surface area contributed by atoms with Crippen LogP contribution in [0.4, 0.5) is 14.5 Å². The zero-order valence-corrected chi connectivity index (χ0v) is 16.4. The van der Waals surface area contributed by atoms with Crippen molar-refractivity contribution in [1.82, 2.24) is 0 Å². The van der Waals surface area contributed by atoms with Crippen LogP contribution >= 0.6 is 0 Å². The molecule has 0 aromatic heterocycles. The summed E-state index contributed by atoms with van der Waals surface area (Å²) >= 11 is 0. The van der Waals surface area contributed by atoms with E-state index < -0.39 is 24.0 Å². The van der Waals surface area contributed by atoms with Gasteiger partial charge in [0.1, 0.15) is 18.0 Å². The lowest BCUT2D eigenvalue weighted by Gasteiger charge is -2.34. The first kappa shape index (κ1) is 21.9. The van der Waals surface area contributed by atoms with E-state index in [1.807, 2.05) is 0 Å². The number of ether oxygens (including phenoxy) is 3. The second-order valence-corrected chi connectivity index (χ2v) is 6.99. The van der Waals surface area contributed by atoms with Crippen molar-refractivity contribution >= 4 is 5.69 Å². The number of nitrogens with two attached hydrogens (primary N) is 1. The molecular formula is C21H23F2N3O4. The first-order chi connectivity index (χ1) is 14.4. The summed E-state index contributed by atoms with van der Waals surface area (Å²) in [5.74, 6) is -1.11. The Labute approximate surface area is 173 Å². The van der Waals surface area contributed by atoms with E-state index in [1.54, 1.807) is 23.1 Å². The maximum atomic E-state index is 14.2. The molecule has 30 heavy (non-hydrogen) atoms. The molecule has 3 rings (SSSR count). The van der Waals surface area contributed by atoms with Gasteiger partial charge in [-0.1, -0.05) is 6.07 Å². The quantitative estimate of drug-likeness (QED) is 0.707. The van der Waals surface area contributed by atoms with Crippen LogP contribution in [-0.4, -0.2) is 50.4 Å². The Bertz CT molecular complexity index is 914. The van der Waals surface area contributed by atoms with Crippen LogP contribution in [0, 0.1) is 23.0 Å². The van der Waals surface area contributed by atoms with E-state index in [9.17, 15) is 13.9 Å². The molecule has 0 bridgehead atoms. The Hall–Kier alpha value is -2.77. The highest BCUT2D eigenvalue weighted by atomic mass is 19.1. The van der Waals surface area contributed by atoms with Crippen LogP contribution < -0.4 is 15.4 Å². The number of nitrogens with zero attached hydrogens (tertiary/aromatic N) is 2. The van der Waals surface area contributed by atoms with Crippen molar-refractivity contribution in [2.24, 2.45) is 5.73 Å². The Morgan fingerprint density at radius 3 is 2.57 bits per heavy atom. The first-order valence-corrected chi connectivity index (χ1v) is 9.35. The molecule has 3 N–H and O–H groups in total. The minimum absolute atomic E-state index is 0.0128. The summed E-state index contributed by atoms with van der Waals surface area (Å²) < 4.78 is 44.1. The molecule has 1 saturated heterocycles. The Morgan fingerprint density at radius 1 is 1.23 bits per heavy atom. The summed E-state index contributed by atoms with van der Waals surface area (Å²) in [5.41, 5.74) is 6.62. The van der Waals surface area contributed by atoms with Crippen molar-refractivity contribution in [3.63, 3.8) is 0 Å². The van der Waals surface area contributed by atoms with Crippen molar-refractivity contribution in [3.8, 4) is 11.8 Å². The monoisotopic (exact) mass is 419 g/mol. The maximum absolute atomic E-state index is 14.2. The van der Waals surface area contributed by atoms with Gasteiger partial charge in [0.05, 0.1) is 31.9 Å². The van der Waals surface area contributed by atoms with Gasteiger partial charge < -0.3 is 30.0 Å². The summed E-state index contributed by atoms with van der Waals surface area (Å²) in [7, 11) is 1.37. The summed E-state index contributed by atoms with van der Waals surface area (Å²) in [6.45, 7) is 0.669. The second-order valence-electron chi connectivity index (χ2n) is 6.99. The van der Waals surface area contributed by atoms with Gasteiger partial charge in [-0.05, 0) is 35.9 Å². The number of rotatable bonds is 7. The Morgan fingerprint density at radius 2 is 1.97 bits per heavy atom. The number of aliphatic hydroxyl groups excluding tert-OH is 1. The molecule has 0 amide bonds. The second kappa shape index (κ2) is 9.82. The van der Waals surface area contributed by atoms with Crippen LogP contribution in [0.1, 0.15) is 11.1 Å². The number of aliphatic hydroxyl groups is 1. The standard InChI is InChI=1S/C21H23F2N3O4/c1-28-20-5-2-13(6-18(20)23)9-26(16-4-3-14(8-24)17(22)7-16)10-19(27)21-29-11-15(25)12-30-21/h2-7,15,19,21,27H,9-12,25H2,1H3/t15?,19-,21?/m0/s1. The van der Waals surface area contributed by atoms with Crippen LogP contribution in [0.5, 0.6) is 5.75 Å². The number of methoxy groups -OCH3 is 1. The van der Waals surface area contributed by atoms with E-state index in [0.29, 0.717) is 11.3 Å². The van der Waals surface area contributed by atoms with Crippen LogP contribution in [0.3, 0.4) is 0 Å². The molecule has 1 fully saturated rings. The van der Waals surface area contributed by atoms with E-state index in [-0.39, 0.29) is 43.7 Å². The fraction of sp³-hybridized carbons (Fsp3) is 0.381. The molecule has 1 aliphatic rings. The highest BCUT2D eigenvalue weighted by Crippen LogP contribution is 2.24. The largest absolute Gasteiger partial charge is 0.494 e. The van der Waals surface area contributed by atoms with Gasteiger partial charge >= 0.3 is 0 Å². The van der Waals surface area contributed by atoms with Crippen molar-refractivity contribution < 1.29 is 28.1 Å². The fourth-order valence-corrected chi connectivity index (χ4v) is 3.15. The molecule has 1 atom stereocenters. The number of halogens is 2. The SMILES string of the molecule is COc1ccc(CN(C[C@H](O)C2OCC(N)CO2)c2ccc(C#N)c(F)c2)cc1F. The molecule has 2 aromatic carbocycles. The summed E-state index contributed by atoms with van der Waals surface area (Å²) in [6, 6.07) is 10.1. The molecule has 0 saturated carbocycles. The number of benzene rings is 2. The number of nitriles is 1. The molecular weight excluding hydrogens is 396 g/mol. The fourth-order valence-electron chi connectivity index (χ4n) is 3.15. The van der Waals surface area contributed by atoms with Crippen molar-refractivity contribution in [2.45, 2.75) is 25.0 Å². The predicted octanol–water partition coefficient (Wildman–Crippen LogP) is 1.91. The normalized spacial score (nSPS) is 19.7. The van der Waals surface area contributed by atoms with Gasteiger partial charge in [0.2, 0.25) is 0 Å². The molecule has 160 valence electrons. The summed E-state index contributed by atoms with van der Waals surface area (Å²) in [5, 5.41) is 19.6. The third kappa shape index (κ3) is 5.23. The van der Waals surface area contributed by atoms with E-state index in [2.05, 4.69) is 0 Å². The molecule has 9 heteroatoms. The summed E-state index contributed by atoms with van der Waals surface area (Å²) in [6.07, 6.45) is -1.96. The molecule has 1 heterocycles. The average Bonchev–Trinajstić information content (AvgIpc) is 2.73. The van der Waals surface area contributed by atoms with Gasteiger partial charge in [0, 0.05) is 18.8 Å². The van der Waals surface area contributed by atoms with Gasteiger partial charge in [-0.3, -0.25) is 0 Å². The van der Waals surface area contributed by atoms with Crippen LogP contribution in [0.25, 0.3) is 0 Å². The molecule has 1 aliphatic heterocycles. The predicted molar refractivity (Wildman–Crippen MR) is 105 cm³/mol. The van der Waals surface area contributed by atoms with Crippen molar-refractivity contribution in [1.29, 1.82) is 5.26 Å². The molecule has 0 radical (unpaired) electrons. The highest BCUT2D eigenvalue weighted by molar-refractivity contribution is 5.51. The smallest absolute Gasteiger partial charge is 0.185 e. The topological polar surface area (TPSA) is 101 Å². The van der Waals surface area contributed by atoms with Gasteiger partial charge in [-0.15, -0.1) is 0 Å². The van der Waals surface area contributed by atoms with Crippen molar-refractivity contribution in [3.05, 3.63) is 59.2 Å². The average molecular weight is 419 g/mol. The molecule has 7 nitrogen and oxygen atoms in total. The zero-order valence-electron chi connectivity index (χ0n) is 16.4. The number of anilines is 1.